The zero-order valence-electron chi connectivity index (χ0n) is 23.5. The van der Waals surface area contributed by atoms with Crippen molar-refractivity contribution in [2.45, 2.75) is 51.2 Å². The van der Waals surface area contributed by atoms with Crippen molar-refractivity contribution < 1.29 is 34.8 Å². The number of hydrogen-bond donors (Lipinski definition) is 6. The van der Waals surface area contributed by atoms with Crippen LogP contribution in [0.3, 0.4) is 0 Å². The van der Waals surface area contributed by atoms with Gasteiger partial charge in [0.2, 0.25) is 5.78 Å². The summed E-state index contributed by atoms with van der Waals surface area (Å²) in [5, 5.41) is 48.3. The fourth-order valence-corrected chi connectivity index (χ4v) is 6.42. The van der Waals surface area contributed by atoms with Crippen molar-refractivity contribution in [3.63, 3.8) is 0 Å². The summed E-state index contributed by atoms with van der Waals surface area (Å²) >= 11 is 0. The molecule has 0 unspecified atom stereocenters. The third kappa shape index (κ3) is 4.33. The number of fused-ring (bicyclic) bond motifs is 3. The van der Waals surface area contributed by atoms with E-state index in [0.717, 1.165) is 5.56 Å². The van der Waals surface area contributed by atoms with E-state index in [1.807, 2.05) is 31.1 Å². The molecule has 0 saturated heterocycles. The van der Waals surface area contributed by atoms with Gasteiger partial charge in [-0.3, -0.25) is 14.4 Å². The molecule has 1 saturated carbocycles. The van der Waals surface area contributed by atoms with Gasteiger partial charge in [-0.2, -0.15) is 0 Å². The highest BCUT2D eigenvalue weighted by atomic mass is 16.3. The number of primary amides is 1. The Morgan fingerprint density at radius 1 is 1.12 bits per heavy atom. The molecule has 0 aromatic heterocycles. The zero-order chi connectivity index (χ0) is 30.0. The molecule has 1 amide bonds. The smallest absolute Gasteiger partial charge is 0.255 e. The second-order valence-electron chi connectivity index (χ2n) is 11.7. The second kappa shape index (κ2) is 9.95. The van der Waals surface area contributed by atoms with Gasteiger partial charge in [-0.1, -0.05) is 38.1 Å². The van der Waals surface area contributed by atoms with Crippen molar-refractivity contribution in [3.8, 4) is 5.75 Å². The molecular weight excluding hydrogens is 526 g/mol. The number of aliphatic hydroxyl groups excluding tert-OH is 2. The number of benzene rings is 2. The molecule has 3 aliphatic rings. The molecule has 0 aliphatic heterocycles. The molecule has 216 valence electrons. The normalized spacial score (nSPS) is 23.8. The summed E-state index contributed by atoms with van der Waals surface area (Å²) in [7, 11) is 3.66. The lowest BCUT2D eigenvalue weighted by atomic mass is 9.59. The van der Waals surface area contributed by atoms with Crippen molar-refractivity contribution in [1.29, 1.82) is 0 Å². The van der Waals surface area contributed by atoms with Crippen molar-refractivity contribution >= 4 is 34.6 Å². The maximum absolute atomic E-state index is 13.8. The van der Waals surface area contributed by atoms with Crippen LogP contribution >= 0.6 is 0 Å². The van der Waals surface area contributed by atoms with Crippen LogP contribution in [-0.2, 0) is 27.3 Å². The number of aromatic hydroxyl groups is 1. The first kappa shape index (κ1) is 28.2. The highest BCUT2D eigenvalue weighted by Crippen LogP contribution is 2.54. The van der Waals surface area contributed by atoms with E-state index in [1.165, 1.54) is 5.56 Å². The number of ketones is 2. The number of carbonyl (C=O) groups excluding carboxylic acids is 3. The quantitative estimate of drug-likeness (QED) is 0.229. The SMILES string of the molecule is CC(C)c1ccc(CNc2cc(N(C)C)c3c(c2O)C(O)=C2C(=O)[C@]4(O)C(O)=C(C(N)=O)C(=O)C[C@@H]4C[C@@H]2C3)cc1. The number of amides is 1. The Balaban J connectivity index is 1.59. The summed E-state index contributed by atoms with van der Waals surface area (Å²) in [5.74, 6) is -6.06. The van der Waals surface area contributed by atoms with E-state index in [0.29, 0.717) is 29.4 Å². The van der Waals surface area contributed by atoms with E-state index in [-0.39, 0.29) is 36.1 Å². The Morgan fingerprint density at radius 3 is 2.37 bits per heavy atom. The van der Waals surface area contributed by atoms with Gasteiger partial charge in [-0.05, 0) is 47.4 Å². The van der Waals surface area contributed by atoms with Crippen LogP contribution in [0.15, 0.2) is 47.2 Å². The minimum atomic E-state index is -2.59. The largest absolute Gasteiger partial charge is 0.508 e. The maximum atomic E-state index is 13.8. The summed E-state index contributed by atoms with van der Waals surface area (Å²) in [4.78, 5) is 40.1. The first-order valence-corrected chi connectivity index (χ1v) is 13.6. The number of phenols is 1. The molecule has 10 heteroatoms. The number of carbonyl (C=O) groups is 3. The molecule has 1 fully saturated rings. The van der Waals surface area contributed by atoms with Gasteiger partial charge in [0.1, 0.15) is 22.8 Å². The Kier molecular flexibility index (Phi) is 6.85. The number of hydrogen-bond acceptors (Lipinski definition) is 9. The summed E-state index contributed by atoms with van der Waals surface area (Å²) < 4.78 is 0. The molecule has 7 N–H and O–H groups in total. The summed E-state index contributed by atoms with van der Waals surface area (Å²) in [6, 6.07) is 9.89. The van der Waals surface area contributed by atoms with E-state index < -0.39 is 52.0 Å². The molecule has 0 bridgehead atoms. The van der Waals surface area contributed by atoms with E-state index in [9.17, 15) is 34.8 Å². The minimum absolute atomic E-state index is 0.0565. The van der Waals surface area contributed by atoms with E-state index in [2.05, 4.69) is 31.3 Å². The van der Waals surface area contributed by atoms with Crippen LogP contribution in [0, 0.1) is 11.8 Å². The van der Waals surface area contributed by atoms with E-state index in [1.54, 1.807) is 6.07 Å². The standard InChI is InChI=1S/C31H35N3O7/c1-14(2)16-7-5-15(6-8-16)13-33-20-12-21(34(3)4)19-10-17-9-18-11-22(35)25(30(32)40)29(39)31(18,41)28(38)23(17)27(37)24(19)26(20)36/h5-8,12,14,17-18,33,36-37,39,41H,9-11,13H2,1-4H3,(H2,32,40)/t17-,18+,31+/m1/s1. The van der Waals surface area contributed by atoms with Crippen LogP contribution in [0.4, 0.5) is 11.4 Å². The maximum Gasteiger partial charge on any atom is 0.255 e. The Hall–Kier alpha value is -4.31. The summed E-state index contributed by atoms with van der Waals surface area (Å²) in [6.07, 6.45) is -0.0237. The Labute approximate surface area is 237 Å². The number of rotatable bonds is 6. The molecule has 5 rings (SSSR count). The first-order chi connectivity index (χ1) is 19.3. The fourth-order valence-electron chi connectivity index (χ4n) is 6.42. The number of nitrogens with two attached hydrogens (primary N) is 1. The molecule has 0 heterocycles. The van der Waals surface area contributed by atoms with Crippen LogP contribution in [0.5, 0.6) is 5.75 Å². The lowest BCUT2D eigenvalue weighted by Gasteiger charge is -2.46. The van der Waals surface area contributed by atoms with Crippen molar-refractivity contribution in [2.24, 2.45) is 17.6 Å². The predicted molar refractivity (Wildman–Crippen MR) is 154 cm³/mol. The van der Waals surface area contributed by atoms with Gasteiger partial charge in [0.05, 0.1) is 11.3 Å². The van der Waals surface area contributed by atoms with Gasteiger partial charge < -0.3 is 36.4 Å². The molecular formula is C31H35N3O7. The first-order valence-electron chi connectivity index (χ1n) is 13.6. The molecule has 0 radical (unpaired) electrons. The average molecular weight is 562 g/mol. The summed E-state index contributed by atoms with van der Waals surface area (Å²) in [6.45, 7) is 4.62. The van der Waals surface area contributed by atoms with Crippen LogP contribution < -0.4 is 16.0 Å². The third-order valence-corrected chi connectivity index (χ3v) is 8.65. The highest BCUT2D eigenvalue weighted by Gasteiger charge is 2.60. The van der Waals surface area contributed by atoms with Crippen molar-refractivity contribution in [2.75, 3.05) is 24.3 Å². The van der Waals surface area contributed by atoms with Crippen molar-refractivity contribution in [1.82, 2.24) is 0 Å². The number of anilines is 2. The van der Waals surface area contributed by atoms with E-state index >= 15 is 0 Å². The highest BCUT2D eigenvalue weighted by molar-refractivity contribution is 6.22. The van der Waals surface area contributed by atoms with Gasteiger partial charge in [-0.25, -0.2) is 0 Å². The lowest BCUT2D eigenvalue weighted by Crippen LogP contribution is -2.58. The minimum Gasteiger partial charge on any atom is -0.508 e. The van der Waals surface area contributed by atoms with Gasteiger partial charge >= 0.3 is 0 Å². The lowest BCUT2D eigenvalue weighted by molar-refractivity contribution is -0.147. The molecule has 10 nitrogen and oxygen atoms in total. The number of nitrogens with zero attached hydrogens (tertiary/aromatic N) is 1. The predicted octanol–water partition coefficient (Wildman–Crippen LogP) is 3.23. The van der Waals surface area contributed by atoms with E-state index in [4.69, 9.17) is 5.73 Å². The van der Waals surface area contributed by atoms with Crippen LogP contribution in [0.2, 0.25) is 0 Å². The molecule has 2 aromatic rings. The zero-order valence-corrected chi connectivity index (χ0v) is 23.5. The van der Waals surface area contributed by atoms with Gasteiger partial charge in [-0.15, -0.1) is 0 Å². The van der Waals surface area contributed by atoms with Gasteiger partial charge in [0, 0.05) is 44.2 Å². The van der Waals surface area contributed by atoms with Crippen LogP contribution in [0.25, 0.3) is 5.76 Å². The number of nitrogens with one attached hydrogen (secondary N) is 1. The number of Topliss-reactive ketones (excluding diaryl/α,β-unsaturated/α-hetero) is 2. The van der Waals surface area contributed by atoms with Crippen LogP contribution in [0.1, 0.15) is 54.9 Å². The summed E-state index contributed by atoms with van der Waals surface area (Å²) in [5.41, 5.74) is 5.62. The topological polar surface area (TPSA) is 173 Å². The molecule has 0 spiro atoms. The molecule has 2 aromatic carbocycles. The molecule has 41 heavy (non-hydrogen) atoms. The Morgan fingerprint density at radius 2 is 1.78 bits per heavy atom. The molecule has 3 atom stereocenters. The number of phenolic OH excluding ortho intramolecular Hbond substituents is 1. The third-order valence-electron chi connectivity index (χ3n) is 8.65. The van der Waals surface area contributed by atoms with Crippen molar-refractivity contribution in [3.05, 3.63) is 69.5 Å². The van der Waals surface area contributed by atoms with Gasteiger partial charge in [0.15, 0.2) is 11.4 Å². The van der Waals surface area contributed by atoms with Gasteiger partial charge in [0.25, 0.3) is 5.91 Å². The monoisotopic (exact) mass is 561 g/mol. The number of aliphatic hydroxyl groups is 3. The molecule has 3 aliphatic carbocycles. The fraction of sp³-hybridized carbons (Fsp3) is 0.387. The average Bonchev–Trinajstić information content (AvgIpc) is 2.90. The van der Waals surface area contributed by atoms with Crippen LogP contribution in [-0.4, -0.2) is 57.6 Å². The second-order valence-corrected chi connectivity index (χ2v) is 11.7. The Bertz CT molecular complexity index is 1540.